The highest BCUT2D eigenvalue weighted by atomic mass is 16.3. The van der Waals surface area contributed by atoms with Crippen LogP contribution in [0, 0.1) is 6.92 Å². The van der Waals surface area contributed by atoms with E-state index in [1.807, 2.05) is 38.1 Å². The van der Waals surface area contributed by atoms with E-state index in [0.29, 0.717) is 0 Å². The van der Waals surface area contributed by atoms with Crippen molar-refractivity contribution in [2.45, 2.75) is 20.8 Å². The summed E-state index contributed by atoms with van der Waals surface area (Å²) in [6.45, 7) is 6.13. The number of aryl methyl sites for hydroxylation is 1. The molecule has 1 aromatic heterocycles. The number of anilines is 3. The lowest BCUT2D eigenvalue weighted by atomic mass is 9.97. The summed E-state index contributed by atoms with van der Waals surface area (Å²) in [6, 6.07) is 60.4. The Bertz CT molecular complexity index is 2270. The fraction of sp³-hybridized carbons (Fsp3) is 0.0638. The number of hydrogen-bond acceptors (Lipinski definition) is 2. The summed E-state index contributed by atoms with van der Waals surface area (Å²) >= 11 is 0. The van der Waals surface area contributed by atoms with Gasteiger partial charge in [-0.15, -0.1) is 0 Å². The van der Waals surface area contributed by atoms with Crippen LogP contribution in [0.3, 0.4) is 0 Å². The lowest BCUT2D eigenvalue weighted by Crippen LogP contribution is -2.10. The van der Waals surface area contributed by atoms with E-state index in [2.05, 4.69) is 170 Å². The van der Waals surface area contributed by atoms with Gasteiger partial charge in [-0.3, -0.25) is 0 Å². The monoisotopic (exact) mass is 633 g/mol. The molecule has 2 heteroatoms. The van der Waals surface area contributed by atoms with E-state index in [0.717, 1.165) is 50.1 Å². The van der Waals surface area contributed by atoms with Crippen LogP contribution in [-0.4, -0.2) is 0 Å². The van der Waals surface area contributed by atoms with Gasteiger partial charge in [0.15, 0.2) is 0 Å². The molecule has 2 nitrogen and oxygen atoms in total. The normalized spacial score (nSPS) is 11.1. The van der Waals surface area contributed by atoms with Crippen molar-refractivity contribution in [2.24, 2.45) is 0 Å². The second-order valence-electron chi connectivity index (χ2n) is 12.2. The Balaban J connectivity index is 0.000000898. The van der Waals surface area contributed by atoms with E-state index >= 15 is 0 Å². The maximum atomic E-state index is 6.37. The van der Waals surface area contributed by atoms with Crippen LogP contribution in [0.2, 0.25) is 0 Å². The largest absolute Gasteiger partial charge is 0.455 e. The molecule has 49 heavy (non-hydrogen) atoms. The molecule has 238 valence electrons. The van der Waals surface area contributed by atoms with Crippen LogP contribution in [0.4, 0.5) is 17.1 Å². The van der Waals surface area contributed by atoms with Gasteiger partial charge in [0.1, 0.15) is 11.2 Å². The van der Waals surface area contributed by atoms with Crippen molar-refractivity contribution in [1.29, 1.82) is 0 Å². The molecule has 1 heterocycles. The molecule has 0 radical (unpaired) electrons. The summed E-state index contributed by atoms with van der Waals surface area (Å²) in [6.07, 6.45) is 4.00. The Labute approximate surface area is 289 Å². The van der Waals surface area contributed by atoms with E-state index in [9.17, 15) is 0 Å². The third-order valence-electron chi connectivity index (χ3n) is 8.86. The average Bonchev–Trinajstić information content (AvgIpc) is 3.56. The van der Waals surface area contributed by atoms with Crippen LogP contribution >= 0.6 is 0 Å². The van der Waals surface area contributed by atoms with Crippen molar-refractivity contribution in [3.8, 4) is 33.4 Å². The molecule has 0 spiro atoms. The van der Waals surface area contributed by atoms with Gasteiger partial charge in [0, 0.05) is 33.4 Å². The van der Waals surface area contributed by atoms with E-state index in [1.54, 1.807) is 0 Å². The molecular weight excluding hydrogens is 595 g/mol. The Morgan fingerprint density at radius 1 is 0.429 bits per heavy atom. The summed E-state index contributed by atoms with van der Waals surface area (Å²) in [7, 11) is 0. The molecule has 0 saturated carbocycles. The zero-order chi connectivity index (χ0) is 33.6. The van der Waals surface area contributed by atoms with Crippen molar-refractivity contribution in [3.05, 3.63) is 188 Å². The molecule has 7 aromatic carbocycles. The van der Waals surface area contributed by atoms with Crippen molar-refractivity contribution in [3.63, 3.8) is 0 Å². The van der Waals surface area contributed by atoms with E-state index in [4.69, 9.17) is 4.42 Å². The van der Waals surface area contributed by atoms with Crippen molar-refractivity contribution < 1.29 is 4.42 Å². The van der Waals surface area contributed by atoms with Crippen molar-refractivity contribution in [2.75, 3.05) is 4.90 Å². The second-order valence-corrected chi connectivity index (χ2v) is 12.2. The van der Waals surface area contributed by atoms with Crippen LogP contribution in [0.25, 0.3) is 55.3 Å². The molecule has 0 saturated heterocycles. The van der Waals surface area contributed by atoms with Gasteiger partial charge in [0.2, 0.25) is 0 Å². The number of furan rings is 1. The molecular formula is C47H39NO. The minimum atomic E-state index is 0.912. The van der Waals surface area contributed by atoms with Crippen molar-refractivity contribution >= 4 is 39.0 Å². The number of nitrogens with zero attached hydrogens (tertiary/aromatic N) is 1. The summed E-state index contributed by atoms with van der Waals surface area (Å²) in [5.74, 6) is 0. The first-order chi connectivity index (χ1) is 24.1. The van der Waals surface area contributed by atoms with E-state index < -0.39 is 0 Å². The molecule has 0 aliphatic heterocycles. The van der Waals surface area contributed by atoms with Crippen molar-refractivity contribution in [1.82, 2.24) is 0 Å². The standard InChI is InChI=1S/C43H31NO.C4H8/c1-30-19-23-36(24-20-30)44(38-28-34(31-11-4-2-5-12-31)27-35(29-38)32-13-6-3-7-14-32)37-25-21-33(22-26-37)39-16-10-17-41-40-15-8-9-18-42(40)45-43(39)41;1-3-4-2/h2-29H,1H3;3-4H,1-2H3/b;4-3-. The Morgan fingerprint density at radius 2 is 0.959 bits per heavy atom. The summed E-state index contributed by atoms with van der Waals surface area (Å²) < 4.78 is 6.37. The maximum Gasteiger partial charge on any atom is 0.143 e. The summed E-state index contributed by atoms with van der Waals surface area (Å²) in [4.78, 5) is 2.35. The predicted molar refractivity (Wildman–Crippen MR) is 210 cm³/mol. The van der Waals surface area contributed by atoms with Crippen LogP contribution in [-0.2, 0) is 0 Å². The maximum absolute atomic E-state index is 6.37. The van der Waals surface area contributed by atoms with Crippen LogP contribution in [0.5, 0.6) is 0 Å². The van der Waals surface area contributed by atoms with Crippen LogP contribution < -0.4 is 4.90 Å². The van der Waals surface area contributed by atoms with Gasteiger partial charge in [-0.05, 0) is 97.1 Å². The number of rotatable bonds is 6. The number of allylic oxidation sites excluding steroid dienone is 2. The first-order valence-electron chi connectivity index (χ1n) is 16.8. The molecule has 0 unspecified atom stereocenters. The molecule has 0 amide bonds. The molecule has 0 bridgehead atoms. The second kappa shape index (κ2) is 14.3. The van der Waals surface area contributed by atoms with Gasteiger partial charge >= 0.3 is 0 Å². The van der Waals surface area contributed by atoms with Crippen LogP contribution in [0.1, 0.15) is 19.4 Å². The lowest BCUT2D eigenvalue weighted by Gasteiger charge is -2.27. The third-order valence-corrected chi connectivity index (χ3v) is 8.86. The molecule has 0 aliphatic carbocycles. The molecule has 8 aromatic rings. The highest BCUT2D eigenvalue weighted by Crippen LogP contribution is 2.41. The van der Waals surface area contributed by atoms with Gasteiger partial charge in [-0.25, -0.2) is 0 Å². The van der Waals surface area contributed by atoms with Gasteiger partial charge in [0.05, 0.1) is 0 Å². The first-order valence-corrected chi connectivity index (χ1v) is 16.8. The molecule has 8 rings (SSSR count). The quantitative estimate of drug-likeness (QED) is 0.169. The van der Waals surface area contributed by atoms with E-state index in [-0.39, 0.29) is 0 Å². The molecule has 0 aliphatic rings. The summed E-state index contributed by atoms with van der Waals surface area (Å²) in [5, 5.41) is 2.28. The van der Waals surface area contributed by atoms with E-state index in [1.165, 1.54) is 27.8 Å². The third kappa shape index (κ3) is 6.68. The smallest absolute Gasteiger partial charge is 0.143 e. The lowest BCUT2D eigenvalue weighted by molar-refractivity contribution is 0.670. The Kier molecular flexibility index (Phi) is 9.21. The number of benzene rings is 7. The van der Waals surface area contributed by atoms with Gasteiger partial charge < -0.3 is 9.32 Å². The minimum Gasteiger partial charge on any atom is -0.455 e. The minimum absolute atomic E-state index is 0.912. The fourth-order valence-electron chi connectivity index (χ4n) is 6.24. The zero-order valence-electron chi connectivity index (χ0n) is 28.2. The van der Waals surface area contributed by atoms with Gasteiger partial charge in [-0.2, -0.15) is 0 Å². The van der Waals surface area contributed by atoms with Crippen LogP contribution in [0.15, 0.2) is 186 Å². The van der Waals surface area contributed by atoms with Gasteiger partial charge in [-0.1, -0.05) is 139 Å². The molecule has 0 fully saturated rings. The SMILES string of the molecule is C/C=C\C.Cc1ccc(N(c2ccc(-c3cccc4c3oc3ccccc34)cc2)c2cc(-c3ccccc3)cc(-c3ccccc3)c2)cc1. The number of para-hydroxylation sites is 2. The first kappa shape index (κ1) is 31.5. The average molecular weight is 634 g/mol. The number of hydrogen-bond donors (Lipinski definition) is 0. The predicted octanol–water partition coefficient (Wildman–Crippen LogP) is 13.9. The van der Waals surface area contributed by atoms with Gasteiger partial charge in [0.25, 0.3) is 0 Å². The Hall–Kier alpha value is -6.12. The molecule has 0 N–H and O–H groups in total. The number of fused-ring (bicyclic) bond motifs is 3. The fourth-order valence-corrected chi connectivity index (χ4v) is 6.24. The Morgan fingerprint density at radius 3 is 1.55 bits per heavy atom. The highest BCUT2D eigenvalue weighted by Gasteiger charge is 2.17. The summed E-state index contributed by atoms with van der Waals surface area (Å²) in [5.41, 5.74) is 13.3. The zero-order valence-corrected chi connectivity index (χ0v) is 28.2. The molecule has 0 atom stereocenters. The topological polar surface area (TPSA) is 16.4 Å². The highest BCUT2D eigenvalue weighted by molar-refractivity contribution is 6.09.